The van der Waals surface area contributed by atoms with E-state index in [4.69, 9.17) is 15.7 Å². The number of rotatable bonds is 16. The van der Waals surface area contributed by atoms with E-state index in [1.807, 2.05) is 123 Å². The van der Waals surface area contributed by atoms with Crippen molar-refractivity contribution in [1.82, 2.24) is 24.9 Å². The van der Waals surface area contributed by atoms with E-state index < -0.39 is 11.7 Å². The summed E-state index contributed by atoms with van der Waals surface area (Å²) in [5.41, 5.74) is 27.2. The van der Waals surface area contributed by atoms with Crippen molar-refractivity contribution in [1.29, 1.82) is 15.8 Å². The Kier molecular flexibility index (Phi) is 31.8. The van der Waals surface area contributed by atoms with Crippen molar-refractivity contribution >= 4 is 67.0 Å². The number of hydrogen-bond donors (Lipinski definition) is 3. The molecule has 0 radical (unpaired) electrons. The number of alkyl halides is 3. The number of nitrogens with zero attached hydrogens (tertiary/aromatic N) is 8. The molecule has 3 aromatic carbocycles. The summed E-state index contributed by atoms with van der Waals surface area (Å²) in [6.45, 7) is 21.8. The van der Waals surface area contributed by atoms with Crippen molar-refractivity contribution in [2.45, 2.75) is 151 Å². The molecule has 0 fully saturated rings. The van der Waals surface area contributed by atoms with Gasteiger partial charge in [0.15, 0.2) is 0 Å². The number of hydrogen-bond acceptors (Lipinski definition) is 12. The van der Waals surface area contributed by atoms with Crippen LogP contribution < -0.4 is 16.4 Å². The zero-order valence-corrected chi connectivity index (χ0v) is 56.6. The first-order chi connectivity index (χ1) is 41.4. The van der Waals surface area contributed by atoms with Gasteiger partial charge in [-0.1, -0.05) is 57.5 Å². The molecule has 0 unspecified atom stereocenters. The Labute approximate surface area is 545 Å². The number of nitrogens with one attached hydrogen (secondary N) is 2. The van der Waals surface area contributed by atoms with Crippen LogP contribution in [-0.4, -0.2) is 50.0 Å². The van der Waals surface area contributed by atoms with Crippen LogP contribution in [0.25, 0.3) is 0 Å². The van der Waals surface area contributed by atoms with Gasteiger partial charge in [-0.2, -0.15) is 15.8 Å². The van der Waals surface area contributed by atoms with Gasteiger partial charge in [-0.25, -0.2) is 19.7 Å². The average molecular weight is 1330 g/mol. The van der Waals surface area contributed by atoms with Gasteiger partial charge in [-0.15, -0.1) is 11.6 Å². The maximum atomic E-state index is 12.1. The molecule has 0 saturated carbocycles. The molecule has 1 amide bonds. The molecule has 8 aromatic rings. The van der Waals surface area contributed by atoms with Crippen LogP contribution in [0, 0.1) is 89.4 Å². The van der Waals surface area contributed by atoms with Crippen LogP contribution in [0.5, 0.6) is 0 Å². The molecule has 13 nitrogen and oxygen atoms in total. The van der Waals surface area contributed by atoms with Gasteiger partial charge in [0, 0.05) is 63.9 Å². The van der Waals surface area contributed by atoms with Crippen LogP contribution in [0.3, 0.4) is 0 Å². The van der Waals surface area contributed by atoms with Gasteiger partial charge >= 0.3 is 6.09 Å². The molecule has 0 saturated heterocycles. The molecule has 16 heteroatoms. The fourth-order valence-electron chi connectivity index (χ4n) is 9.63. The van der Waals surface area contributed by atoms with Crippen LogP contribution >= 0.6 is 43.5 Å². The van der Waals surface area contributed by atoms with E-state index in [2.05, 4.69) is 173 Å². The summed E-state index contributed by atoms with van der Waals surface area (Å²) in [5.74, 6) is 1.91. The molecule has 8 rings (SSSR count). The minimum atomic E-state index is -0.575. The van der Waals surface area contributed by atoms with Crippen molar-refractivity contribution in [2.24, 2.45) is 0 Å². The number of benzene rings is 3. The number of pyridine rings is 5. The second-order valence-electron chi connectivity index (χ2n) is 22.4. The second-order valence-corrected chi connectivity index (χ2v) is 23.5. The first-order valence-electron chi connectivity index (χ1n) is 28.7. The Bertz CT molecular complexity index is 3600. The van der Waals surface area contributed by atoms with Gasteiger partial charge in [0.2, 0.25) is 0 Å². The Morgan fingerprint density at radius 2 is 0.784 bits per heavy atom. The lowest BCUT2D eigenvalue weighted by molar-refractivity contribution is 0.0635. The van der Waals surface area contributed by atoms with E-state index >= 15 is 0 Å². The Balaban J connectivity index is 0.000000339. The number of nitriles is 3. The Morgan fingerprint density at radius 3 is 1.14 bits per heavy atom. The molecule has 5 heterocycles. The van der Waals surface area contributed by atoms with Gasteiger partial charge in [-0.3, -0.25) is 15.3 Å². The average Bonchev–Trinajstić information content (AvgIpc) is 3.68. The first-order valence-corrected chi connectivity index (χ1v) is 31.7. The molecule has 0 aliphatic carbocycles. The lowest BCUT2D eigenvalue weighted by Gasteiger charge is -2.19. The maximum Gasteiger partial charge on any atom is 0.413 e. The number of carbonyl (C=O) groups excluding carboxylic acids is 1. The largest absolute Gasteiger partial charge is 0.444 e. The molecule has 0 spiro atoms. The van der Waals surface area contributed by atoms with Crippen molar-refractivity contribution < 1.29 is 9.53 Å². The first kappa shape index (κ1) is 74.3. The van der Waals surface area contributed by atoms with Crippen molar-refractivity contribution in [3.05, 3.63) is 233 Å². The van der Waals surface area contributed by atoms with Crippen LogP contribution in [0.1, 0.15) is 146 Å². The van der Waals surface area contributed by atoms with Crippen LogP contribution in [-0.2, 0) is 66.8 Å². The third-order valence-corrected chi connectivity index (χ3v) is 14.2. The molecule has 0 atom stereocenters. The summed E-state index contributed by atoms with van der Waals surface area (Å²) in [6.07, 6.45) is 7.34. The zero-order chi connectivity index (χ0) is 64.2. The monoisotopic (exact) mass is 1330 g/mol. The number of ether oxygens (including phenoxy) is 1. The van der Waals surface area contributed by atoms with Gasteiger partial charge in [0.25, 0.3) is 0 Å². The summed E-state index contributed by atoms with van der Waals surface area (Å²) >= 11 is 11.4. The standard InChI is InChI=1S/C29H34N4O2.C24H27N5.C9H7Br2N.C8H11N.CH3Cl.CH4/c1-19-11-21(3)31-25(12-19)9-7-22-15-23(17-24(16-22)18-30)8-10-26-13-20(2)14-27(32-26)33-28(34)35-29(4,5)6;1-16-8-21(28-23(26)10-16)6-4-18-12-19(14-20(13-18)15-25)5-7-22-9-17(2)11-24(27-3)29-22;10-4-7-1-8(5-11)3-9(2-7)6-12;1-6-4-7(2)9-8(3)5-6;1-2;/h11-17H,7-10H2,1-6H3,(H,32,33,34);8-14H,4-7H2,1-3H3,(H2,26,28)(H,27,29);1-3H,4-5H2;4-5H,1-3H3;1H3;1H4. The number of anilines is 3. The molecule has 0 aliphatic rings. The SMILES string of the molecule is C.CCl.CNc1cc(C)cc(CCc2cc(C#N)cc(CCc3cc(C)cc(N)n3)c2)n1.Cc1cc(C)nc(C)c1.Cc1cc(C)nc(CCc2cc(C#N)cc(CCc3cc(C)cc(NC(=O)OC(C)(C)C)n3)c2)c1.N#Cc1cc(CBr)cc(CBr)c1. The number of nitrogen functional groups attached to an aromatic ring is 1. The number of halogens is 3. The van der Waals surface area contributed by atoms with Gasteiger partial charge in [0.05, 0.1) is 34.9 Å². The van der Waals surface area contributed by atoms with Gasteiger partial charge in [0.1, 0.15) is 23.1 Å². The fourth-order valence-corrected chi connectivity index (χ4v) is 10.3. The highest BCUT2D eigenvalue weighted by atomic mass is 79.9. The lowest BCUT2D eigenvalue weighted by atomic mass is 9.98. The number of aromatic nitrogens is 5. The highest BCUT2D eigenvalue weighted by Gasteiger charge is 2.17. The number of aryl methyl sites for hydroxylation is 16. The number of amides is 1. The normalized spacial score (nSPS) is 10.2. The van der Waals surface area contributed by atoms with Crippen molar-refractivity contribution in [3.63, 3.8) is 0 Å². The van der Waals surface area contributed by atoms with E-state index in [0.717, 1.165) is 151 Å². The minimum absolute atomic E-state index is 0. The van der Waals surface area contributed by atoms with Crippen LogP contribution in [0.2, 0.25) is 0 Å². The van der Waals surface area contributed by atoms with Crippen molar-refractivity contribution in [3.8, 4) is 18.2 Å². The maximum absolute atomic E-state index is 12.1. The predicted molar refractivity (Wildman–Crippen MR) is 370 cm³/mol. The van der Waals surface area contributed by atoms with Crippen LogP contribution in [0.15, 0.2) is 115 Å². The van der Waals surface area contributed by atoms with Crippen LogP contribution in [0.4, 0.5) is 22.2 Å². The summed E-state index contributed by atoms with van der Waals surface area (Å²) in [4.78, 5) is 34.6. The van der Waals surface area contributed by atoms with E-state index in [0.29, 0.717) is 29.2 Å². The van der Waals surface area contributed by atoms with Gasteiger partial charge < -0.3 is 15.8 Å². The zero-order valence-electron chi connectivity index (χ0n) is 52.6. The minimum Gasteiger partial charge on any atom is -0.444 e. The third kappa shape index (κ3) is 27.8. The van der Waals surface area contributed by atoms with E-state index in [9.17, 15) is 15.3 Å². The summed E-state index contributed by atoms with van der Waals surface area (Å²) in [7, 11) is 1.88. The Hall–Kier alpha value is -8.00. The van der Waals surface area contributed by atoms with E-state index in [-0.39, 0.29) is 7.43 Å². The summed E-state index contributed by atoms with van der Waals surface area (Å²) < 4.78 is 5.33. The van der Waals surface area contributed by atoms with E-state index in [1.165, 1.54) is 23.1 Å². The lowest BCUT2D eigenvalue weighted by Crippen LogP contribution is -2.27. The quantitative estimate of drug-likeness (QED) is 0.0771. The molecule has 5 aromatic heterocycles. The van der Waals surface area contributed by atoms with E-state index in [1.54, 1.807) is 0 Å². The smallest absolute Gasteiger partial charge is 0.413 e. The highest BCUT2D eigenvalue weighted by Crippen LogP contribution is 2.21. The molecular formula is C72H86Br2ClN11O2. The number of nitrogens with two attached hydrogens (primary N) is 1. The Morgan fingerprint density at radius 1 is 0.466 bits per heavy atom. The van der Waals surface area contributed by atoms with Gasteiger partial charge in [-0.05, 0) is 286 Å². The molecule has 0 aliphatic heterocycles. The molecule has 4 N–H and O–H groups in total. The third-order valence-electron chi connectivity index (χ3n) is 12.9. The topological polar surface area (TPSA) is 212 Å². The summed E-state index contributed by atoms with van der Waals surface area (Å²) in [5, 5.41) is 35.1. The molecular weight excluding hydrogens is 1250 g/mol. The number of carbonyl (C=O) groups is 1. The predicted octanol–water partition coefficient (Wildman–Crippen LogP) is 17.2. The molecule has 88 heavy (non-hydrogen) atoms. The van der Waals surface area contributed by atoms with Crippen molar-refractivity contribution in [2.75, 3.05) is 29.8 Å². The summed E-state index contributed by atoms with van der Waals surface area (Å²) in [6, 6.07) is 45.0. The highest BCUT2D eigenvalue weighted by molar-refractivity contribution is 9.08. The molecule has 462 valence electrons. The second kappa shape index (κ2) is 37.6. The fraction of sp³-hybridized carbons (Fsp3) is 0.347. The molecule has 0 bridgehead atoms.